The van der Waals surface area contributed by atoms with Gasteiger partial charge in [0.1, 0.15) is 16.9 Å². The van der Waals surface area contributed by atoms with E-state index < -0.39 is 11.2 Å². The van der Waals surface area contributed by atoms with Crippen LogP contribution in [0.3, 0.4) is 0 Å². The van der Waals surface area contributed by atoms with Gasteiger partial charge in [-0.05, 0) is 98.8 Å². The van der Waals surface area contributed by atoms with E-state index in [9.17, 15) is 19.2 Å². The van der Waals surface area contributed by atoms with Gasteiger partial charge in [-0.2, -0.15) is 9.97 Å². The van der Waals surface area contributed by atoms with Gasteiger partial charge >= 0.3 is 12.2 Å². The highest BCUT2D eigenvalue weighted by molar-refractivity contribution is 6.28. The van der Waals surface area contributed by atoms with E-state index >= 15 is 0 Å². The van der Waals surface area contributed by atoms with Gasteiger partial charge < -0.3 is 31.6 Å². The topological polar surface area (TPSA) is 221 Å². The van der Waals surface area contributed by atoms with Crippen LogP contribution in [-0.2, 0) is 19.1 Å². The van der Waals surface area contributed by atoms with Gasteiger partial charge in [0.2, 0.25) is 22.4 Å². The molecule has 2 aliphatic heterocycles. The number of halogens is 2. The molecule has 18 heteroatoms. The summed E-state index contributed by atoms with van der Waals surface area (Å²) >= 11 is 11.4. The summed E-state index contributed by atoms with van der Waals surface area (Å²) in [5, 5.41) is 5.54. The van der Waals surface area contributed by atoms with Gasteiger partial charge in [0.05, 0.1) is 31.2 Å². The summed E-state index contributed by atoms with van der Waals surface area (Å²) in [5.41, 5.74) is 12.7. The molecule has 4 fully saturated rings. The fourth-order valence-electron chi connectivity index (χ4n) is 7.58. The zero-order chi connectivity index (χ0) is 39.5. The van der Waals surface area contributed by atoms with Crippen molar-refractivity contribution >= 4 is 81.6 Å². The molecule has 292 valence electrons. The summed E-state index contributed by atoms with van der Waals surface area (Å²) in [6.45, 7) is 1.00. The van der Waals surface area contributed by atoms with Gasteiger partial charge in [-0.25, -0.2) is 19.6 Å². The minimum absolute atomic E-state index is 0.0194. The van der Waals surface area contributed by atoms with Crippen LogP contribution in [0.15, 0.2) is 73.1 Å². The Labute approximate surface area is 332 Å². The highest BCUT2D eigenvalue weighted by Gasteiger charge is 2.50. The number of amides is 4. The zero-order valence-corrected chi connectivity index (χ0v) is 31.7. The number of nitrogens with zero attached hydrogens (tertiary/aromatic N) is 6. The number of anilines is 6. The third-order valence-corrected chi connectivity index (χ3v) is 11.1. The molecule has 4 aromatic rings. The molecule has 2 aliphatic carbocycles. The normalized spacial score (nSPS) is 24.2. The first-order valence-electron chi connectivity index (χ1n) is 18.2. The number of nitrogen functional groups attached to an aromatic ring is 2. The number of hydrogen-bond donors (Lipinski definition) is 4. The summed E-state index contributed by atoms with van der Waals surface area (Å²) < 4.78 is 11.5. The summed E-state index contributed by atoms with van der Waals surface area (Å²) in [5.74, 6) is -0.359. The number of benzene rings is 2. The Morgan fingerprint density at radius 3 is 1.61 bits per heavy atom. The second-order valence-electron chi connectivity index (χ2n) is 14.4. The van der Waals surface area contributed by atoms with Crippen LogP contribution >= 0.6 is 23.2 Å². The van der Waals surface area contributed by atoms with Crippen LogP contribution in [0, 0.1) is 11.8 Å². The van der Waals surface area contributed by atoms with Crippen molar-refractivity contribution in [3.05, 3.63) is 83.6 Å². The Morgan fingerprint density at radius 1 is 0.679 bits per heavy atom. The van der Waals surface area contributed by atoms with Crippen molar-refractivity contribution in [1.82, 2.24) is 19.9 Å². The molecular formula is C38H40Cl2N10O6. The number of rotatable bonds is 6. The summed E-state index contributed by atoms with van der Waals surface area (Å²) in [6.07, 6.45) is 7.06. The van der Waals surface area contributed by atoms with Crippen molar-refractivity contribution in [3.8, 4) is 0 Å². The maximum atomic E-state index is 12.6. The van der Waals surface area contributed by atoms with Gasteiger partial charge in [-0.15, -0.1) is 0 Å². The Morgan fingerprint density at radius 2 is 1.12 bits per heavy atom. The van der Waals surface area contributed by atoms with E-state index in [-0.39, 0.29) is 63.7 Å². The molecule has 2 aromatic heterocycles. The summed E-state index contributed by atoms with van der Waals surface area (Å²) in [4.78, 5) is 68.6. The van der Waals surface area contributed by atoms with Gasteiger partial charge in [0.25, 0.3) is 0 Å². The lowest BCUT2D eigenvalue weighted by Gasteiger charge is -2.34. The maximum absolute atomic E-state index is 12.6. The van der Waals surface area contributed by atoms with Crippen LogP contribution < -0.4 is 31.9 Å². The molecule has 56 heavy (non-hydrogen) atoms. The molecule has 4 aliphatic rings. The third kappa shape index (κ3) is 8.55. The van der Waals surface area contributed by atoms with Crippen LogP contribution in [0.1, 0.15) is 51.4 Å². The lowest BCUT2D eigenvalue weighted by molar-refractivity contribution is -0.123. The first-order chi connectivity index (χ1) is 26.9. The minimum Gasteiger partial charge on any atom is -0.441 e. The Hall–Kier alpha value is -5.74. The van der Waals surface area contributed by atoms with Crippen molar-refractivity contribution in [2.45, 2.75) is 62.6 Å². The Kier molecular flexibility index (Phi) is 11.1. The van der Waals surface area contributed by atoms with Crippen LogP contribution in [0.25, 0.3) is 0 Å². The summed E-state index contributed by atoms with van der Waals surface area (Å²) in [6, 6.07) is 18.9. The number of ether oxygens (including phenoxy) is 2. The molecule has 4 heterocycles. The first-order valence-corrected chi connectivity index (χ1v) is 19.0. The Balaban J connectivity index is 0.000000172. The average Bonchev–Trinajstić information content (AvgIpc) is 3.70. The van der Waals surface area contributed by atoms with Crippen molar-refractivity contribution in [3.63, 3.8) is 0 Å². The quantitative estimate of drug-likeness (QED) is 0.154. The molecule has 0 radical (unpaired) electrons. The second-order valence-corrected chi connectivity index (χ2v) is 15.0. The smallest absolute Gasteiger partial charge is 0.415 e. The molecule has 2 saturated heterocycles. The van der Waals surface area contributed by atoms with Crippen LogP contribution in [0.2, 0.25) is 10.6 Å². The van der Waals surface area contributed by atoms with Gasteiger partial charge in [0, 0.05) is 23.2 Å². The zero-order valence-electron chi connectivity index (χ0n) is 30.2. The number of nitrogens with two attached hydrogens (primary N) is 2. The van der Waals surface area contributed by atoms with Crippen LogP contribution in [-0.4, -0.2) is 68.2 Å². The monoisotopic (exact) mass is 802 g/mol. The van der Waals surface area contributed by atoms with E-state index in [4.69, 9.17) is 44.1 Å². The molecule has 2 spiro atoms. The number of hydrogen-bond acceptors (Lipinski definition) is 12. The van der Waals surface area contributed by atoms with Crippen molar-refractivity contribution in [2.75, 3.05) is 45.0 Å². The highest BCUT2D eigenvalue weighted by atomic mass is 35.5. The van der Waals surface area contributed by atoms with Crippen molar-refractivity contribution in [1.29, 1.82) is 0 Å². The molecule has 16 nitrogen and oxygen atoms in total. The molecular weight excluding hydrogens is 763 g/mol. The summed E-state index contributed by atoms with van der Waals surface area (Å²) in [7, 11) is 0. The fourth-order valence-corrected chi connectivity index (χ4v) is 7.86. The van der Waals surface area contributed by atoms with E-state index in [1.165, 1.54) is 12.4 Å². The first kappa shape index (κ1) is 38.5. The molecule has 8 rings (SSSR count). The van der Waals surface area contributed by atoms with Crippen molar-refractivity contribution in [2.24, 2.45) is 11.8 Å². The number of aromatic nitrogens is 4. The fraction of sp³-hybridized carbons (Fsp3) is 0.368. The van der Waals surface area contributed by atoms with Crippen molar-refractivity contribution < 1.29 is 28.7 Å². The van der Waals surface area contributed by atoms with E-state index in [1.807, 2.05) is 60.7 Å². The van der Waals surface area contributed by atoms with E-state index in [2.05, 4.69) is 30.6 Å². The number of nitrogens with one attached hydrogen (secondary N) is 2. The number of carbonyl (C=O) groups is 4. The second kappa shape index (κ2) is 16.2. The third-order valence-electron chi connectivity index (χ3n) is 10.7. The van der Waals surface area contributed by atoms with Gasteiger partial charge in [0.15, 0.2) is 11.6 Å². The largest absolute Gasteiger partial charge is 0.441 e. The maximum Gasteiger partial charge on any atom is 0.415 e. The van der Waals surface area contributed by atoms with E-state index in [1.54, 1.807) is 9.80 Å². The number of para-hydroxylation sites is 2. The number of carbonyl (C=O) groups excluding carboxylic acids is 4. The standard InChI is InChI=1S/2C19H20ClN5O3/c20-17-22-10-14(15(21)24-17)23-16(26)12-6-8-19(9-7-12)11-25(18(27)28-19)13-4-2-1-3-5-13;20-17-22-10-14(21)15(24-17)23-16(26)12-6-8-19(9-7-12)11-25(18(27)28-19)13-4-2-1-3-5-13/h1-5,10,12H,6-9,11H2,(H,23,26)(H2,21,22,24);1-5,10,12H,6-9,11,21H2,(H,22,23,24,26). The highest BCUT2D eigenvalue weighted by Crippen LogP contribution is 2.42. The van der Waals surface area contributed by atoms with E-state index in [0.717, 1.165) is 11.4 Å². The van der Waals surface area contributed by atoms with E-state index in [0.29, 0.717) is 70.1 Å². The predicted molar refractivity (Wildman–Crippen MR) is 210 cm³/mol. The molecule has 0 bridgehead atoms. The molecule has 0 atom stereocenters. The molecule has 6 N–H and O–H groups in total. The molecule has 2 saturated carbocycles. The molecule has 2 aromatic carbocycles. The average molecular weight is 804 g/mol. The predicted octanol–water partition coefficient (Wildman–Crippen LogP) is 6.47. The Bertz CT molecular complexity index is 2100. The molecule has 4 amide bonds. The van der Waals surface area contributed by atoms with Crippen LogP contribution in [0.5, 0.6) is 0 Å². The van der Waals surface area contributed by atoms with Gasteiger partial charge in [-0.1, -0.05) is 36.4 Å². The lowest BCUT2D eigenvalue weighted by Crippen LogP contribution is -2.41. The SMILES string of the molecule is Nc1cnc(Cl)nc1NC(=O)C1CCC2(CC1)CN(c1ccccc1)C(=O)O2.Nc1nc(Cl)ncc1NC(=O)C1CCC2(CC1)CN(c1ccccc1)C(=O)O2. The van der Waals surface area contributed by atoms with Crippen LogP contribution in [0.4, 0.5) is 44.0 Å². The minimum atomic E-state index is -0.541. The lowest BCUT2D eigenvalue weighted by atomic mass is 9.78. The van der Waals surface area contributed by atoms with Gasteiger partial charge in [-0.3, -0.25) is 19.4 Å². The molecule has 0 unspecified atom stereocenters.